The molecule has 0 bridgehead atoms. The summed E-state index contributed by atoms with van der Waals surface area (Å²) in [5.41, 5.74) is 5.47. The van der Waals surface area contributed by atoms with Crippen molar-refractivity contribution < 1.29 is 9.90 Å². The van der Waals surface area contributed by atoms with E-state index in [2.05, 4.69) is 0 Å². The highest BCUT2D eigenvalue weighted by molar-refractivity contribution is 6.36. The molecule has 0 fully saturated rings. The molecule has 0 unspecified atom stereocenters. The number of primary amides is 1. The maximum atomic E-state index is 12.6. The maximum absolute atomic E-state index is 12.6. The summed E-state index contributed by atoms with van der Waals surface area (Å²) in [5.74, 6) is -1.47. The van der Waals surface area contributed by atoms with Gasteiger partial charge >= 0.3 is 0 Å². The van der Waals surface area contributed by atoms with E-state index in [1.54, 1.807) is 18.2 Å². The number of aromatic nitrogens is 1. The summed E-state index contributed by atoms with van der Waals surface area (Å²) in [6, 6.07) is 14.2. The average Bonchev–Trinajstić information content (AvgIpc) is 2.52. The van der Waals surface area contributed by atoms with Crippen LogP contribution in [0.4, 0.5) is 0 Å². The Hall–Kier alpha value is -2.79. The zero-order valence-corrected chi connectivity index (χ0v) is 12.7. The first-order valence-corrected chi connectivity index (χ1v) is 7.26. The first-order valence-electron chi connectivity index (χ1n) is 6.88. The van der Waals surface area contributed by atoms with Gasteiger partial charge in [-0.05, 0) is 17.7 Å². The molecule has 2 aromatic carbocycles. The van der Waals surface area contributed by atoms with Crippen LogP contribution in [0.5, 0.6) is 5.75 Å². The van der Waals surface area contributed by atoms with E-state index in [-0.39, 0.29) is 17.0 Å². The van der Waals surface area contributed by atoms with Crippen molar-refractivity contribution in [1.82, 2.24) is 4.57 Å². The van der Waals surface area contributed by atoms with Crippen LogP contribution in [0.15, 0.2) is 53.3 Å². The summed E-state index contributed by atoms with van der Waals surface area (Å²) in [7, 11) is 0. The Morgan fingerprint density at radius 2 is 1.83 bits per heavy atom. The number of nitrogens with zero attached hydrogens (tertiary/aromatic N) is 1. The lowest BCUT2D eigenvalue weighted by molar-refractivity contribution is 0.0996. The van der Waals surface area contributed by atoms with E-state index in [1.807, 2.05) is 30.3 Å². The van der Waals surface area contributed by atoms with Gasteiger partial charge in [0.15, 0.2) is 0 Å². The highest BCUT2D eigenvalue weighted by Gasteiger charge is 2.21. The Balaban J connectivity index is 2.38. The zero-order valence-electron chi connectivity index (χ0n) is 12.0. The molecule has 0 radical (unpaired) electrons. The van der Waals surface area contributed by atoms with Crippen LogP contribution in [0.1, 0.15) is 15.9 Å². The lowest BCUT2D eigenvalue weighted by atomic mass is 10.1. The van der Waals surface area contributed by atoms with E-state index >= 15 is 0 Å². The van der Waals surface area contributed by atoms with Gasteiger partial charge in [-0.1, -0.05) is 48.0 Å². The number of amides is 1. The third kappa shape index (κ3) is 2.55. The second kappa shape index (κ2) is 5.78. The van der Waals surface area contributed by atoms with Crippen molar-refractivity contribution in [2.75, 3.05) is 0 Å². The van der Waals surface area contributed by atoms with Crippen LogP contribution in [0, 0.1) is 0 Å². The number of hydrogen-bond donors (Lipinski definition) is 2. The molecule has 23 heavy (non-hydrogen) atoms. The van der Waals surface area contributed by atoms with E-state index in [0.29, 0.717) is 5.52 Å². The second-order valence-electron chi connectivity index (χ2n) is 5.10. The van der Waals surface area contributed by atoms with Gasteiger partial charge in [-0.3, -0.25) is 9.59 Å². The van der Waals surface area contributed by atoms with Crippen LogP contribution >= 0.6 is 11.6 Å². The van der Waals surface area contributed by atoms with Crippen molar-refractivity contribution in [2.24, 2.45) is 5.73 Å². The van der Waals surface area contributed by atoms with E-state index in [0.717, 1.165) is 5.56 Å². The van der Waals surface area contributed by atoms with E-state index in [9.17, 15) is 14.7 Å². The molecule has 0 spiro atoms. The predicted molar refractivity (Wildman–Crippen MR) is 88.9 cm³/mol. The van der Waals surface area contributed by atoms with Gasteiger partial charge in [0.25, 0.3) is 11.5 Å². The van der Waals surface area contributed by atoms with Gasteiger partial charge in [0.2, 0.25) is 0 Å². The fraction of sp³-hybridized carbons (Fsp3) is 0.0588. The highest BCUT2D eigenvalue weighted by atomic mass is 35.5. The molecule has 0 aliphatic carbocycles. The minimum absolute atomic E-state index is 0.233. The Labute approximate surface area is 136 Å². The first kappa shape index (κ1) is 15.1. The molecule has 116 valence electrons. The van der Waals surface area contributed by atoms with Crippen molar-refractivity contribution in [3.05, 3.63) is 75.0 Å². The molecule has 0 atom stereocenters. The molecule has 3 aromatic rings. The van der Waals surface area contributed by atoms with Crippen LogP contribution in [0.2, 0.25) is 5.02 Å². The molecular formula is C17H13ClN2O3. The standard InChI is InChI=1S/C17H13ClN2O3/c18-11-7-4-8-12-13(11)15(21)14(16(19)22)17(23)20(12)9-10-5-2-1-3-6-10/h1-8,21H,9H2,(H2,19,22). The molecular weight excluding hydrogens is 316 g/mol. The molecule has 0 saturated carbocycles. The van der Waals surface area contributed by atoms with Crippen molar-refractivity contribution in [1.29, 1.82) is 0 Å². The van der Waals surface area contributed by atoms with Gasteiger partial charge in [-0.15, -0.1) is 0 Å². The van der Waals surface area contributed by atoms with Crippen LogP contribution < -0.4 is 11.3 Å². The number of halogens is 1. The summed E-state index contributed by atoms with van der Waals surface area (Å²) in [6.45, 7) is 0.233. The monoisotopic (exact) mass is 328 g/mol. The second-order valence-corrected chi connectivity index (χ2v) is 5.51. The zero-order chi connectivity index (χ0) is 16.6. The first-order chi connectivity index (χ1) is 11.0. The van der Waals surface area contributed by atoms with E-state index in [1.165, 1.54) is 4.57 Å². The number of pyridine rings is 1. The van der Waals surface area contributed by atoms with Gasteiger partial charge < -0.3 is 15.4 Å². The Bertz CT molecular complexity index is 965. The van der Waals surface area contributed by atoms with Gasteiger partial charge in [-0.2, -0.15) is 0 Å². The maximum Gasteiger partial charge on any atom is 0.268 e. The number of benzene rings is 2. The predicted octanol–water partition coefficient (Wildman–Crippen LogP) is 2.51. The molecule has 1 aromatic heterocycles. The smallest absolute Gasteiger partial charge is 0.268 e. The van der Waals surface area contributed by atoms with Gasteiger partial charge in [0.05, 0.1) is 22.5 Å². The topological polar surface area (TPSA) is 85.3 Å². The molecule has 0 saturated heterocycles. The van der Waals surface area contributed by atoms with E-state index < -0.39 is 22.8 Å². The normalized spacial score (nSPS) is 10.8. The van der Waals surface area contributed by atoms with Crippen molar-refractivity contribution >= 4 is 28.4 Å². The molecule has 0 aliphatic heterocycles. The molecule has 1 heterocycles. The Morgan fingerprint density at radius 3 is 2.48 bits per heavy atom. The molecule has 3 rings (SSSR count). The fourth-order valence-electron chi connectivity index (χ4n) is 2.59. The quantitative estimate of drug-likeness (QED) is 0.774. The van der Waals surface area contributed by atoms with Gasteiger partial charge in [0.1, 0.15) is 11.3 Å². The lowest BCUT2D eigenvalue weighted by Crippen LogP contribution is -2.30. The van der Waals surface area contributed by atoms with Gasteiger partial charge in [-0.25, -0.2) is 0 Å². The number of aromatic hydroxyl groups is 1. The SMILES string of the molecule is NC(=O)c1c(O)c2c(Cl)cccc2n(Cc2ccccc2)c1=O. The minimum atomic E-state index is -0.990. The highest BCUT2D eigenvalue weighted by Crippen LogP contribution is 2.32. The number of hydrogen-bond acceptors (Lipinski definition) is 3. The number of carbonyl (C=O) groups is 1. The fourth-order valence-corrected chi connectivity index (χ4v) is 2.85. The molecule has 0 aliphatic rings. The summed E-state index contributed by atoms with van der Waals surface area (Å²) >= 11 is 6.14. The van der Waals surface area contributed by atoms with Crippen molar-refractivity contribution in [3.8, 4) is 5.75 Å². The average molecular weight is 329 g/mol. The molecule has 1 amide bonds. The molecule has 6 heteroatoms. The van der Waals surface area contributed by atoms with Crippen molar-refractivity contribution in [3.63, 3.8) is 0 Å². The summed E-state index contributed by atoms with van der Waals surface area (Å²) in [6.07, 6.45) is 0. The summed E-state index contributed by atoms with van der Waals surface area (Å²) in [5, 5.41) is 10.7. The number of carbonyl (C=O) groups excluding carboxylic acids is 1. The van der Waals surface area contributed by atoms with Gasteiger partial charge in [0, 0.05) is 0 Å². The van der Waals surface area contributed by atoms with Crippen LogP contribution in [0.25, 0.3) is 10.9 Å². The Kier molecular flexibility index (Phi) is 3.80. The minimum Gasteiger partial charge on any atom is -0.506 e. The van der Waals surface area contributed by atoms with Crippen LogP contribution in [-0.4, -0.2) is 15.6 Å². The third-order valence-electron chi connectivity index (χ3n) is 3.64. The van der Waals surface area contributed by atoms with Crippen LogP contribution in [-0.2, 0) is 6.54 Å². The number of rotatable bonds is 3. The molecule has 3 N–H and O–H groups in total. The summed E-state index contributed by atoms with van der Waals surface area (Å²) in [4.78, 5) is 24.2. The number of nitrogens with two attached hydrogens (primary N) is 1. The van der Waals surface area contributed by atoms with E-state index in [4.69, 9.17) is 17.3 Å². The third-order valence-corrected chi connectivity index (χ3v) is 3.96. The van der Waals surface area contributed by atoms with Crippen LogP contribution in [0.3, 0.4) is 0 Å². The number of fused-ring (bicyclic) bond motifs is 1. The largest absolute Gasteiger partial charge is 0.506 e. The van der Waals surface area contributed by atoms with Crippen molar-refractivity contribution in [2.45, 2.75) is 6.54 Å². The molecule has 5 nitrogen and oxygen atoms in total. The summed E-state index contributed by atoms with van der Waals surface area (Å²) < 4.78 is 1.39. The lowest BCUT2D eigenvalue weighted by Gasteiger charge is -2.14. The Morgan fingerprint density at radius 1 is 1.13 bits per heavy atom.